The molecule has 16 heteroatoms. The number of amides is 1. The summed E-state index contributed by atoms with van der Waals surface area (Å²) in [5.74, 6) is -1.63. The van der Waals surface area contributed by atoms with E-state index in [-0.39, 0.29) is 12.2 Å². The maximum atomic E-state index is 13.4. The van der Waals surface area contributed by atoms with Gasteiger partial charge in [0.25, 0.3) is 15.9 Å². The minimum atomic E-state index is -4.91. The van der Waals surface area contributed by atoms with E-state index in [9.17, 15) is 39.6 Å². The Kier molecular flexibility index (Phi) is 6.78. The normalized spacial score (nSPS) is 18.9. The van der Waals surface area contributed by atoms with Crippen molar-refractivity contribution in [2.24, 2.45) is 5.14 Å². The average molecular weight is 527 g/mol. The van der Waals surface area contributed by atoms with Gasteiger partial charge in [-0.05, 0) is 26.0 Å². The summed E-state index contributed by atoms with van der Waals surface area (Å²) in [6.45, 7) is 1.67. The lowest BCUT2D eigenvalue weighted by molar-refractivity contribution is -0.251. The van der Waals surface area contributed by atoms with Gasteiger partial charge in [-0.25, -0.2) is 23.5 Å². The Morgan fingerprint density at radius 2 is 1.86 bits per heavy atom. The zero-order chi connectivity index (χ0) is 26.4. The molecule has 3 N–H and O–H groups in total. The number of rotatable bonds is 4. The number of pyridine rings is 2. The van der Waals surface area contributed by atoms with E-state index >= 15 is 0 Å². The van der Waals surface area contributed by atoms with Crippen LogP contribution in [0.3, 0.4) is 0 Å². The zero-order valence-corrected chi connectivity index (χ0v) is 18.9. The molecule has 2 aromatic heterocycles. The lowest BCUT2D eigenvalue weighted by Gasteiger charge is -2.44. The van der Waals surface area contributed by atoms with Gasteiger partial charge in [0.15, 0.2) is 11.1 Å². The Labute approximate surface area is 195 Å². The van der Waals surface area contributed by atoms with Gasteiger partial charge >= 0.3 is 12.4 Å². The first-order chi connectivity index (χ1) is 15.9. The molecule has 0 saturated carbocycles. The summed E-state index contributed by atoms with van der Waals surface area (Å²) < 4.78 is 108. The maximum Gasteiger partial charge on any atom is 0.417 e. The van der Waals surface area contributed by atoms with Gasteiger partial charge < -0.3 is 15.0 Å². The summed E-state index contributed by atoms with van der Waals surface area (Å²) in [6.07, 6.45) is -10.6. The van der Waals surface area contributed by atoms with Crippen LogP contribution in [0.4, 0.5) is 37.8 Å². The van der Waals surface area contributed by atoms with E-state index < -0.39 is 68.5 Å². The van der Waals surface area contributed by atoms with Crippen LogP contribution in [0.5, 0.6) is 0 Å². The molecule has 0 radical (unpaired) electrons. The smallest absolute Gasteiger partial charge is 0.359 e. The molecule has 35 heavy (non-hydrogen) atoms. The summed E-state index contributed by atoms with van der Waals surface area (Å²) in [5, 5.41) is 6.56. The molecule has 1 aliphatic heterocycles. The largest absolute Gasteiger partial charge is 0.417 e. The van der Waals surface area contributed by atoms with Crippen LogP contribution < -0.4 is 15.4 Å². The van der Waals surface area contributed by atoms with E-state index in [4.69, 9.17) is 9.88 Å². The fraction of sp³-hybridized carbons (Fsp3) is 0.421. The molecular formula is C19H19F6N5O4S. The minimum Gasteiger partial charge on any atom is -0.359 e. The van der Waals surface area contributed by atoms with Crippen LogP contribution in [0.25, 0.3) is 0 Å². The number of carbonyl (C=O) groups is 1. The number of aromatic nitrogens is 2. The highest BCUT2D eigenvalue weighted by Crippen LogP contribution is 2.36. The second-order valence-corrected chi connectivity index (χ2v) is 9.77. The van der Waals surface area contributed by atoms with Crippen LogP contribution in [-0.2, 0) is 20.9 Å². The van der Waals surface area contributed by atoms with E-state index in [2.05, 4.69) is 15.3 Å². The van der Waals surface area contributed by atoms with Crippen molar-refractivity contribution in [3.05, 3.63) is 41.7 Å². The third-order valence-electron chi connectivity index (χ3n) is 4.81. The van der Waals surface area contributed by atoms with Crippen molar-refractivity contribution in [1.82, 2.24) is 9.97 Å². The first-order valence-electron chi connectivity index (χ1n) is 9.74. The first kappa shape index (κ1) is 26.6. The fourth-order valence-corrected chi connectivity index (χ4v) is 3.89. The van der Waals surface area contributed by atoms with Gasteiger partial charge in [-0.2, -0.15) is 26.3 Å². The SMILES string of the molecule is CC1(C)CN(c2ncc(C(F)(F)F)cc2C(=O)Nc2ccnc(S(N)(=O)=O)c2)CC(C(F)(F)F)O1. The Balaban J connectivity index is 2.05. The number of hydrogen-bond donors (Lipinski definition) is 2. The number of carbonyl (C=O) groups excluding carboxylic acids is 1. The maximum absolute atomic E-state index is 13.4. The van der Waals surface area contributed by atoms with Crippen LogP contribution in [0, 0.1) is 0 Å². The van der Waals surface area contributed by atoms with Crippen molar-refractivity contribution in [2.45, 2.75) is 42.9 Å². The van der Waals surface area contributed by atoms with E-state index in [1.807, 2.05) is 0 Å². The summed E-state index contributed by atoms with van der Waals surface area (Å²) in [4.78, 5) is 21.2. The third-order valence-corrected chi connectivity index (χ3v) is 5.61. The van der Waals surface area contributed by atoms with Crippen LogP contribution >= 0.6 is 0 Å². The highest BCUT2D eigenvalue weighted by atomic mass is 32.2. The lowest BCUT2D eigenvalue weighted by atomic mass is 10.0. The van der Waals surface area contributed by atoms with Crippen molar-refractivity contribution in [3.8, 4) is 0 Å². The van der Waals surface area contributed by atoms with Gasteiger partial charge in [-0.15, -0.1) is 0 Å². The van der Waals surface area contributed by atoms with Crippen LogP contribution in [-0.4, -0.2) is 55.3 Å². The van der Waals surface area contributed by atoms with Crippen LogP contribution in [0.2, 0.25) is 0 Å². The number of anilines is 2. The van der Waals surface area contributed by atoms with Gasteiger partial charge in [-0.1, -0.05) is 0 Å². The molecule has 0 spiro atoms. The number of nitrogens with one attached hydrogen (secondary N) is 1. The second kappa shape index (κ2) is 8.91. The molecule has 1 fully saturated rings. The Morgan fingerprint density at radius 1 is 1.20 bits per heavy atom. The van der Waals surface area contributed by atoms with Gasteiger partial charge in [0.2, 0.25) is 0 Å². The van der Waals surface area contributed by atoms with Crippen molar-refractivity contribution in [2.75, 3.05) is 23.3 Å². The highest BCUT2D eigenvalue weighted by Gasteiger charge is 2.49. The molecule has 1 atom stereocenters. The topological polar surface area (TPSA) is 128 Å². The Bertz CT molecular complexity index is 1230. The number of sulfonamides is 1. The van der Waals surface area contributed by atoms with E-state index in [0.29, 0.717) is 12.3 Å². The Hall–Kier alpha value is -2.98. The number of halogens is 6. The van der Waals surface area contributed by atoms with Crippen molar-refractivity contribution in [3.63, 3.8) is 0 Å². The summed E-state index contributed by atoms with van der Waals surface area (Å²) >= 11 is 0. The summed E-state index contributed by atoms with van der Waals surface area (Å²) in [6, 6.07) is 2.46. The second-order valence-electron chi connectivity index (χ2n) is 8.26. The monoisotopic (exact) mass is 527 g/mol. The van der Waals surface area contributed by atoms with Gasteiger partial charge in [0.1, 0.15) is 5.82 Å². The number of primary sulfonamides is 1. The third kappa shape index (κ3) is 6.37. The quantitative estimate of drug-likeness (QED) is 0.586. The number of alkyl halides is 6. The van der Waals surface area contributed by atoms with Gasteiger partial charge in [0, 0.05) is 30.7 Å². The van der Waals surface area contributed by atoms with E-state index in [1.54, 1.807) is 0 Å². The lowest BCUT2D eigenvalue weighted by Crippen LogP contribution is -2.57. The number of ether oxygens (including phenoxy) is 1. The molecule has 3 rings (SSSR count). The van der Waals surface area contributed by atoms with Crippen LogP contribution in [0.1, 0.15) is 29.8 Å². The predicted molar refractivity (Wildman–Crippen MR) is 110 cm³/mol. The molecule has 1 unspecified atom stereocenters. The molecule has 3 heterocycles. The molecular weight excluding hydrogens is 508 g/mol. The molecule has 1 aliphatic rings. The summed E-state index contributed by atoms with van der Waals surface area (Å²) in [5.41, 5.74) is -3.57. The Morgan fingerprint density at radius 3 is 2.43 bits per heavy atom. The van der Waals surface area contributed by atoms with Crippen molar-refractivity contribution >= 4 is 27.4 Å². The molecule has 1 amide bonds. The summed E-state index contributed by atoms with van der Waals surface area (Å²) in [7, 11) is -4.26. The van der Waals surface area contributed by atoms with Crippen molar-refractivity contribution < 1.29 is 44.3 Å². The van der Waals surface area contributed by atoms with E-state index in [0.717, 1.165) is 23.2 Å². The van der Waals surface area contributed by atoms with E-state index in [1.165, 1.54) is 13.8 Å². The van der Waals surface area contributed by atoms with Gasteiger partial charge in [-0.3, -0.25) is 4.79 Å². The number of nitrogens with zero attached hydrogens (tertiary/aromatic N) is 3. The first-order valence-corrected chi connectivity index (χ1v) is 11.3. The van der Waals surface area contributed by atoms with Crippen LogP contribution in [0.15, 0.2) is 35.6 Å². The molecule has 192 valence electrons. The number of nitrogens with two attached hydrogens (primary N) is 1. The van der Waals surface area contributed by atoms with Gasteiger partial charge in [0.05, 0.1) is 23.3 Å². The molecule has 1 saturated heterocycles. The molecule has 0 bridgehead atoms. The fourth-order valence-electron chi connectivity index (χ4n) is 3.39. The molecule has 9 nitrogen and oxygen atoms in total. The molecule has 0 aliphatic carbocycles. The number of morpholine rings is 1. The number of hydrogen-bond acceptors (Lipinski definition) is 7. The standard InChI is InChI=1S/C19H19F6N5O4S/c1-17(2)9-30(8-13(34-17)19(23,24)25)15-12(5-10(7-28-15)18(20,21)22)16(31)29-11-3-4-27-14(6-11)35(26,32)33/h3-7,13H,8-9H2,1-2H3,(H2,26,32,33)(H,27,29,31). The highest BCUT2D eigenvalue weighted by molar-refractivity contribution is 7.89. The predicted octanol–water partition coefficient (Wildman–Crippen LogP) is 2.94. The minimum absolute atomic E-state index is 0.187. The zero-order valence-electron chi connectivity index (χ0n) is 18.1. The molecule has 2 aromatic rings. The van der Waals surface area contributed by atoms with Crippen molar-refractivity contribution in [1.29, 1.82) is 0 Å². The average Bonchev–Trinajstić information content (AvgIpc) is 2.70. The molecule has 0 aromatic carbocycles.